The smallest absolute Gasteiger partial charge is 0.298 e. The van der Waals surface area contributed by atoms with Gasteiger partial charge in [-0.05, 0) is 24.7 Å². The summed E-state index contributed by atoms with van der Waals surface area (Å²) in [5.41, 5.74) is -0.149. The van der Waals surface area contributed by atoms with Crippen molar-refractivity contribution < 1.29 is 14.7 Å². The Kier molecular flexibility index (Phi) is 2.65. The Morgan fingerprint density at radius 2 is 2.06 bits per heavy atom. The van der Waals surface area contributed by atoms with Crippen LogP contribution in [0.5, 0.6) is 0 Å². The average molecular weight is 237 g/mol. The van der Waals surface area contributed by atoms with Gasteiger partial charge in [0.15, 0.2) is 5.60 Å². The van der Waals surface area contributed by atoms with E-state index in [2.05, 4.69) is 0 Å². The number of benzene rings is 1. The molecule has 1 fully saturated rings. The molecule has 84 valence electrons. The van der Waals surface area contributed by atoms with Gasteiger partial charge in [0.05, 0.1) is 0 Å². The van der Waals surface area contributed by atoms with E-state index in [-0.39, 0.29) is 5.17 Å². The standard InChI is InChI=1S/C11H11NO3S/c1-11(7-8-5-3-2-4-6-8)9(13)12(14)10(16)15-11/h2-6,14H,7H2,1H3. The lowest BCUT2D eigenvalue weighted by Crippen LogP contribution is -2.39. The topological polar surface area (TPSA) is 49.8 Å². The lowest BCUT2D eigenvalue weighted by Gasteiger charge is -2.19. The van der Waals surface area contributed by atoms with Crippen molar-refractivity contribution in [2.75, 3.05) is 0 Å². The molecular weight excluding hydrogens is 226 g/mol. The lowest BCUT2D eigenvalue weighted by molar-refractivity contribution is -0.152. The zero-order valence-electron chi connectivity index (χ0n) is 8.71. The van der Waals surface area contributed by atoms with Gasteiger partial charge in [-0.15, -0.1) is 5.06 Å². The van der Waals surface area contributed by atoms with Gasteiger partial charge in [0.1, 0.15) is 0 Å². The third-order valence-corrected chi connectivity index (χ3v) is 2.77. The molecule has 0 spiro atoms. The minimum Gasteiger partial charge on any atom is -0.452 e. The number of amides is 1. The van der Waals surface area contributed by atoms with Gasteiger partial charge in [-0.2, -0.15) is 0 Å². The summed E-state index contributed by atoms with van der Waals surface area (Å²) in [5, 5.41) is 9.49. The molecule has 1 atom stereocenters. The molecule has 1 amide bonds. The fraction of sp³-hybridized carbons (Fsp3) is 0.273. The molecule has 1 aliphatic rings. The third kappa shape index (κ3) is 1.79. The fourth-order valence-corrected chi connectivity index (χ4v) is 1.95. The molecule has 0 aliphatic carbocycles. The highest BCUT2D eigenvalue weighted by Gasteiger charge is 2.48. The van der Waals surface area contributed by atoms with E-state index in [9.17, 15) is 10.0 Å². The zero-order valence-corrected chi connectivity index (χ0v) is 9.53. The van der Waals surface area contributed by atoms with Gasteiger partial charge in [0.2, 0.25) is 0 Å². The second kappa shape index (κ2) is 3.84. The van der Waals surface area contributed by atoms with Crippen LogP contribution in [0.4, 0.5) is 0 Å². The number of carbonyl (C=O) groups is 1. The molecule has 4 nitrogen and oxygen atoms in total. The molecule has 1 N–H and O–H groups in total. The molecule has 2 rings (SSSR count). The van der Waals surface area contributed by atoms with E-state index >= 15 is 0 Å². The Balaban J connectivity index is 2.22. The average Bonchev–Trinajstić information content (AvgIpc) is 2.44. The van der Waals surface area contributed by atoms with Gasteiger partial charge in [-0.1, -0.05) is 30.3 Å². The lowest BCUT2D eigenvalue weighted by atomic mass is 9.96. The Morgan fingerprint density at radius 3 is 2.56 bits per heavy atom. The quantitative estimate of drug-likeness (QED) is 0.626. The molecular formula is C11H11NO3S. The maximum absolute atomic E-state index is 11.7. The second-order valence-corrected chi connectivity index (χ2v) is 4.23. The van der Waals surface area contributed by atoms with Crippen molar-refractivity contribution in [1.82, 2.24) is 5.06 Å². The molecule has 0 bridgehead atoms. The fourth-order valence-electron chi connectivity index (χ4n) is 1.68. The van der Waals surface area contributed by atoms with Gasteiger partial charge in [0, 0.05) is 6.42 Å². The van der Waals surface area contributed by atoms with E-state index in [4.69, 9.17) is 17.0 Å². The zero-order chi connectivity index (χ0) is 11.8. The number of hydrogen-bond acceptors (Lipinski definition) is 4. The van der Waals surface area contributed by atoms with Crippen LogP contribution in [-0.4, -0.2) is 27.0 Å². The number of carbonyl (C=O) groups excluding carboxylic acids is 1. The minimum absolute atomic E-state index is 0.191. The van der Waals surface area contributed by atoms with Crippen molar-refractivity contribution in [3.05, 3.63) is 35.9 Å². The SMILES string of the molecule is CC1(Cc2ccccc2)OC(=S)N(O)C1=O. The predicted octanol–water partition coefficient (Wildman–Crippen LogP) is 1.52. The maximum Gasteiger partial charge on any atom is 0.298 e. The van der Waals surface area contributed by atoms with E-state index in [1.165, 1.54) is 0 Å². The van der Waals surface area contributed by atoms with Crippen LogP contribution in [0.2, 0.25) is 0 Å². The predicted molar refractivity (Wildman–Crippen MR) is 60.9 cm³/mol. The molecule has 1 aromatic rings. The summed E-state index contributed by atoms with van der Waals surface area (Å²) < 4.78 is 5.24. The summed E-state index contributed by atoms with van der Waals surface area (Å²) in [6.07, 6.45) is 0.379. The third-order valence-electron chi connectivity index (χ3n) is 2.51. The molecule has 0 radical (unpaired) electrons. The van der Waals surface area contributed by atoms with Crippen LogP contribution in [0.1, 0.15) is 12.5 Å². The number of hydrogen-bond donors (Lipinski definition) is 1. The molecule has 16 heavy (non-hydrogen) atoms. The first-order valence-electron chi connectivity index (χ1n) is 4.83. The molecule has 1 aliphatic heterocycles. The summed E-state index contributed by atoms with van der Waals surface area (Å²) in [7, 11) is 0. The van der Waals surface area contributed by atoms with E-state index in [0.29, 0.717) is 11.5 Å². The van der Waals surface area contributed by atoms with Crippen LogP contribution in [0.25, 0.3) is 0 Å². The molecule has 5 heteroatoms. The van der Waals surface area contributed by atoms with Crippen molar-refractivity contribution in [3.8, 4) is 0 Å². The van der Waals surface area contributed by atoms with Gasteiger partial charge < -0.3 is 4.74 Å². The number of hydroxylamine groups is 2. The van der Waals surface area contributed by atoms with E-state index in [0.717, 1.165) is 5.56 Å². The number of ether oxygens (including phenoxy) is 1. The number of nitrogens with zero attached hydrogens (tertiary/aromatic N) is 1. The van der Waals surface area contributed by atoms with Crippen LogP contribution in [-0.2, 0) is 16.0 Å². The number of rotatable bonds is 2. The maximum atomic E-state index is 11.7. The van der Waals surface area contributed by atoms with E-state index in [1.807, 2.05) is 30.3 Å². The van der Waals surface area contributed by atoms with Crippen molar-refractivity contribution >= 4 is 23.3 Å². The summed E-state index contributed by atoms with van der Waals surface area (Å²) >= 11 is 4.72. The summed E-state index contributed by atoms with van der Waals surface area (Å²) in [6, 6.07) is 9.45. The van der Waals surface area contributed by atoms with Crippen LogP contribution < -0.4 is 0 Å². The van der Waals surface area contributed by atoms with Gasteiger partial charge >= 0.3 is 0 Å². The molecule has 1 heterocycles. The molecule has 1 unspecified atom stereocenters. The molecule has 1 saturated heterocycles. The highest BCUT2D eigenvalue weighted by Crippen LogP contribution is 2.26. The van der Waals surface area contributed by atoms with E-state index in [1.54, 1.807) is 6.92 Å². The van der Waals surface area contributed by atoms with Crippen molar-refractivity contribution in [2.24, 2.45) is 0 Å². The number of thiocarbonyl (C=S) groups is 1. The Bertz CT molecular complexity index is 434. The second-order valence-electron chi connectivity index (χ2n) is 3.88. The molecule has 0 aromatic heterocycles. The van der Waals surface area contributed by atoms with Gasteiger partial charge in [0.25, 0.3) is 11.1 Å². The summed E-state index contributed by atoms with van der Waals surface area (Å²) in [6.45, 7) is 1.62. The van der Waals surface area contributed by atoms with Crippen LogP contribution in [0.15, 0.2) is 30.3 Å². The first kappa shape index (κ1) is 11.0. The normalized spacial score (nSPS) is 24.8. The van der Waals surface area contributed by atoms with Crippen LogP contribution in [0, 0.1) is 0 Å². The van der Waals surface area contributed by atoms with E-state index < -0.39 is 11.5 Å². The Morgan fingerprint density at radius 1 is 1.44 bits per heavy atom. The largest absolute Gasteiger partial charge is 0.452 e. The highest BCUT2D eigenvalue weighted by molar-refractivity contribution is 7.80. The van der Waals surface area contributed by atoms with Crippen molar-refractivity contribution in [2.45, 2.75) is 18.9 Å². The first-order chi connectivity index (χ1) is 7.53. The molecule has 0 saturated carbocycles. The first-order valence-corrected chi connectivity index (χ1v) is 5.24. The minimum atomic E-state index is -1.10. The van der Waals surface area contributed by atoms with Gasteiger partial charge in [-0.25, -0.2) is 0 Å². The van der Waals surface area contributed by atoms with Crippen molar-refractivity contribution in [3.63, 3.8) is 0 Å². The summed E-state index contributed by atoms with van der Waals surface area (Å²) in [5.74, 6) is -0.527. The monoisotopic (exact) mass is 237 g/mol. The Hall–Kier alpha value is -1.46. The van der Waals surface area contributed by atoms with Crippen LogP contribution in [0.3, 0.4) is 0 Å². The summed E-state index contributed by atoms with van der Waals surface area (Å²) in [4.78, 5) is 11.7. The van der Waals surface area contributed by atoms with Crippen molar-refractivity contribution in [1.29, 1.82) is 0 Å². The highest BCUT2D eigenvalue weighted by atomic mass is 32.1. The molecule has 1 aromatic carbocycles. The van der Waals surface area contributed by atoms with Crippen LogP contribution >= 0.6 is 12.2 Å². The van der Waals surface area contributed by atoms with Gasteiger partial charge in [-0.3, -0.25) is 10.0 Å². The Labute approximate surface area is 98.4 Å².